The molecule has 2 rings (SSSR count). The number of imidazole rings is 1. The average molecular weight is 197 g/mol. The molecule has 0 saturated heterocycles. The van der Waals surface area contributed by atoms with Crippen LogP contribution in [0.25, 0.3) is 11.3 Å². The summed E-state index contributed by atoms with van der Waals surface area (Å²) in [6.07, 6.45) is 1.68. The Hall–Kier alpha value is -2.08. The van der Waals surface area contributed by atoms with Crippen molar-refractivity contribution < 1.29 is 0 Å². The Morgan fingerprint density at radius 1 is 1.27 bits per heavy atom. The second kappa shape index (κ2) is 3.58. The minimum absolute atomic E-state index is 0.350. The van der Waals surface area contributed by atoms with Crippen molar-refractivity contribution in [3.63, 3.8) is 0 Å². The minimum Gasteiger partial charge on any atom is -0.329 e. The summed E-state index contributed by atoms with van der Waals surface area (Å²) in [5, 5.41) is 8.65. The Morgan fingerprint density at radius 3 is 2.67 bits per heavy atom. The first-order chi connectivity index (χ1) is 7.20. The van der Waals surface area contributed by atoms with Crippen LogP contribution in [0.2, 0.25) is 0 Å². The fourth-order valence-electron chi connectivity index (χ4n) is 1.43. The van der Waals surface area contributed by atoms with Crippen LogP contribution in [-0.2, 0) is 0 Å². The number of hydrogen-bond acceptors (Lipinski definition) is 2. The molecule has 0 saturated carbocycles. The lowest BCUT2D eigenvalue weighted by Crippen LogP contribution is -1.83. The van der Waals surface area contributed by atoms with Gasteiger partial charge in [-0.1, -0.05) is 12.1 Å². The van der Waals surface area contributed by atoms with E-state index in [1.807, 2.05) is 12.1 Å². The summed E-state index contributed by atoms with van der Waals surface area (Å²) in [5.41, 5.74) is 4.45. The number of hydrogen-bond donors (Lipinski definition) is 1. The lowest BCUT2D eigenvalue weighted by Gasteiger charge is -2.02. The number of benzene rings is 1. The van der Waals surface area contributed by atoms with Gasteiger partial charge in [0.15, 0.2) is 0 Å². The normalized spacial score (nSPS) is 9.93. The van der Waals surface area contributed by atoms with Gasteiger partial charge in [0.05, 0.1) is 11.9 Å². The van der Waals surface area contributed by atoms with Crippen molar-refractivity contribution in [1.29, 1.82) is 5.26 Å². The maximum atomic E-state index is 8.65. The molecule has 0 aliphatic rings. The van der Waals surface area contributed by atoms with Gasteiger partial charge in [-0.3, -0.25) is 0 Å². The fraction of sp³-hybridized carbons (Fsp3) is 0.167. The van der Waals surface area contributed by atoms with E-state index in [0.717, 1.165) is 11.3 Å². The smallest absolute Gasteiger partial charge is 0.210 e. The molecule has 74 valence electrons. The van der Waals surface area contributed by atoms with Gasteiger partial charge in [0, 0.05) is 0 Å². The number of nitrogens with zero attached hydrogens (tertiary/aromatic N) is 2. The van der Waals surface area contributed by atoms with Crippen molar-refractivity contribution in [3.8, 4) is 17.3 Å². The second-order valence-electron chi connectivity index (χ2n) is 3.56. The van der Waals surface area contributed by atoms with E-state index in [9.17, 15) is 0 Å². The summed E-state index contributed by atoms with van der Waals surface area (Å²) in [7, 11) is 0. The van der Waals surface area contributed by atoms with Crippen LogP contribution in [0, 0.1) is 25.2 Å². The number of nitriles is 1. The molecular formula is C12H11N3. The molecule has 1 aromatic carbocycles. The zero-order valence-corrected chi connectivity index (χ0v) is 8.70. The summed E-state index contributed by atoms with van der Waals surface area (Å²) in [6.45, 7) is 4.15. The van der Waals surface area contributed by atoms with Crippen LogP contribution in [0.1, 0.15) is 17.0 Å². The van der Waals surface area contributed by atoms with Crippen molar-refractivity contribution >= 4 is 0 Å². The second-order valence-corrected chi connectivity index (χ2v) is 3.56. The maximum absolute atomic E-state index is 8.65. The van der Waals surface area contributed by atoms with Crippen molar-refractivity contribution in [1.82, 2.24) is 9.97 Å². The van der Waals surface area contributed by atoms with Crippen LogP contribution in [0.3, 0.4) is 0 Å². The van der Waals surface area contributed by atoms with Gasteiger partial charge in [-0.25, -0.2) is 4.98 Å². The van der Waals surface area contributed by atoms with Crippen LogP contribution in [-0.4, -0.2) is 9.97 Å². The molecule has 0 atom stereocenters. The van der Waals surface area contributed by atoms with Gasteiger partial charge < -0.3 is 4.98 Å². The van der Waals surface area contributed by atoms with E-state index in [2.05, 4.69) is 35.9 Å². The third-order valence-corrected chi connectivity index (χ3v) is 2.50. The van der Waals surface area contributed by atoms with E-state index < -0.39 is 0 Å². The monoisotopic (exact) mass is 197 g/mol. The largest absolute Gasteiger partial charge is 0.329 e. The molecule has 0 fully saturated rings. The Morgan fingerprint density at radius 2 is 2.07 bits per heavy atom. The molecule has 1 aromatic heterocycles. The van der Waals surface area contributed by atoms with E-state index >= 15 is 0 Å². The summed E-state index contributed by atoms with van der Waals surface area (Å²) in [4.78, 5) is 6.90. The molecule has 0 amide bonds. The highest BCUT2D eigenvalue weighted by molar-refractivity contribution is 5.60. The molecule has 1 N–H and O–H groups in total. The number of aromatic amines is 1. The summed E-state index contributed by atoms with van der Waals surface area (Å²) in [5.74, 6) is 0.350. The maximum Gasteiger partial charge on any atom is 0.210 e. The summed E-state index contributed by atoms with van der Waals surface area (Å²) >= 11 is 0. The highest BCUT2D eigenvalue weighted by atomic mass is 14.9. The van der Waals surface area contributed by atoms with Gasteiger partial charge in [-0.05, 0) is 36.6 Å². The Balaban J connectivity index is 2.46. The van der Waals surface area contributed by atoms with Crippen molar-refractivity contribution in [2.75, 3.05) is 0 Å². The highest BCUT2D eigenvalue weighted by Crippen LogP contribution is 2.20. The van der Waals surface area contributed by atoms with Gasteiger partial charge in [-0.2, -0.15) is 5.26 Å². The minimum atomic E-state index is 0.350. The van der Waals surface area contributed by atoms with E-state index in [1.54, 1.807) is 6.20 Å². The fourth-order valence-corrected chi connectivity index (χ4v) is 1.43. The first kappa shape index (κ1) is 9.47. The zero-order valence-electron chi connectivity index (χ0n) is 8.70. The van der Waals surface area contributed by atoms with Gasteiger partial charge >= 0.3 is 0 Å². The van der Waals surface area contributed by atoms with E-state index in [-0.39, 0.29) is 0 Å². The SMILES string of the molecule is Cc1ccc(-c2cnc(C#N)[nH]2)cc1C. The molecule has 15 heavy (non-hydrogen) atoms. The Labute approximate surface area is 88.4 Å². The van der Waals surface area contributed by atoms with Crippen molar-refractivity contribution in [2.24, 2.45) is 0 Å². The molecular weight excluding hydrogens is 186 g/mol. The quantitative estimate of drug-likeness (QED) is 0.763. The van der Waals surface area contributed by atoms with Gasteiger partial charge in [0.1, 0.15) is 6.07 Å². The van der Waals surface area contributed by atoms with Crippen LogP contribution in [0.4, 0.5) is 0 Å². The average Bonchev–Trinajstić information content (AvgIpc) is 2.70. The third-order valence-electron chi connectivity index (χ3n) is 2.50. The molecule has 0 bridgehead atoms. The lowest BCUT2D eigenvalue weighted by atomic mass is 10.1. The predicted molar refractivity (Wildman–Crippen MR) is 58.2 cm³/mol. The highest BCUT2D eigenvalue weighted by Gasteiger charge is 2.03. The number of rotatable bonds is 1. The number of aryl methyl sites for hydroxylation is 2. The predicted octanol–water partition coefficient (Wildman–Crippen LogP) is 2.57. The van der Waals surface area contributed by atoms with E-state index in [1.165, 1.54) is 11.1 Å². The number of H-pyrrole nitrogens is 1. The van der Waals surface area contributed by atoms with E-state index in [0.29, 0.717) is 5.82 Å². The molecule has 1 heterocycles. The van der Waals surface area contributed by atoms with Gasteiger partial charge in [0.25, 0.3) is 0 Å². The van der Waals surface area contributed by atoms with Gasteiger partial charge in [0.2, 0.25) is 5.82 Å². The van der Waals surface area contributed by atoms with Crippen LogP contribution < -0.4 is 0 Å². The molecule has 0 spiro atoms. The Kier molecular flexibility index (Phi) is 2.26. The topological polar surface area (TPSA) is 52.5 Å². The molecule has 3 nitrogen and oxygen atoms in total. The Bertz CT molecular complexity index is 532. The zero-order chi connectivity index (χ0) is 10.8. The number of aromatic nitrogens is 2. The van der Waals surface area contributed by atoms with Crippen LogP contribution >= 0.6 is 0 Å². The third kappa shape index (κ3) is 1.75. The first-order valence-electron chi connectivity index (χ1n) is 4.73. The van der Waals surface area contributed by atoms with Crippen molar-refractivity contribution in [3.05, 3.63) is 41.3 Å². The molecule has 0 aliphatic heterocycles. The van der Waals surface area contributed by atoms with Crippen molar-refractivity contribution in [2.45, 2.75) is 13.8 Å². The summed E-state index contributed by atoms with van der Waals surface area (Å²) in [6, 6.07) is 8.16. The molecule has 2 aromatic rings. The van der Waals surface area contributed by atoms with Gasteiger partial charge in [-0.15, -0.1) is 0 Å². The standard InChI is InChI=1S/C12H11N3/c1-8-3-4-10(5-9(8)2)11-7-14-12(6-13)15-11/h3-5,7H,1-2H3,(H,14,15). The van der Waals surface area contributed by atoms with E-state index in [4.69, 9.17) is 5.26 Å². The van der Waals surface area contributed by atoms with Crippen LogP contribution in [0.15, 0.2) is 24.4 Å². The molecule has 0 unspecified atom stereocenters. The lowest BCUT2D eigenvalue weighted by molar-refractivity contribution is 1.23. The molecule has 3 heteroatoms. The summed E-state index contributed by atoms with van der Waals surface area (Å²) < 4.78 is 0. The molecule has 0 aliphatic carbocycles. The molecule has 0 radical (unpaired) electrons. The number of nitrogens with one attached hydrogen (secondary N) is 1. The van der Waals surface area contributed by atoms with Crippen LogP contribution in [0.5, 0.6) is 0 Å². The first-order valence-corrected chi connectivity index (χ1v) is 4.73.